The maximum atomic E-state index is 5.99. The Labute approximate surface area is 87.7 Å². The van der Waals surface area contributed by atoms with Gasteiger partial charge in [-0.3, -0.25) is 0 Å². The fraction of sp³-hybridized carbons (Fsp3) is 0.182. The van der Waals surface area contributed by atoms with Gasteiger partial charge in [-0.05, 0) is 18.1 Å². The van der Waals surface area contributed by atoms with Crippen molar-refractivity contribution in [3.05, 3.63) is 35.1 Å². The first kappa shape index (κ1) is 9.28. The predicted molar refractivity (Wildman–Crippen MR) is 60.5 cm³/mol. The standard InChI is InChI=1S/C11H11ClN2/c1-2-7-3-4-8-9(5-7)11(12)14-6-10(8)13/h3-6H,2,13H2,1H3. The summed E-state index contributed by atoms with van der Waals surface area (Å²) in [6, 6.07) is 6.10. The molecule has 1 heterocycles. The predicted octanol–water partition coefficient (Wildman–Crippen LogP) is 3.03. The zero-order chi connectivity index (χ0) is 10.1. The molecule has 14 heavy (non-hydrogen) atoms. The van der Waals surface area contributed by atoms with Gasteiger partial charge in [-0.25, -0.2) is 4.98 Å². The largest absolute Gasteiger partial charge is 0.397 e. The van der Waals surface area contributed by atoms with Gasteiger partial charge in [0.2, 0.25) is 0 Å². The number of hydrogen-bond donors (Lipinski definition) is 1. The van der Waals surface area contributed by atoms with Crippen LogP contribution in [0.1, 0.15) is 12.5 Å². The molecule has 72 valence electrons. The maximum Gasteiger partial charge on any atom is 0.136 e. The highest BCUT2D eigenvalue weighted by Crippen LogP contribution is 2.26. The molecule has 2 aromatic rings. The molecule has 1 aromatic carbocycles. The molecule has 0 aliphatic rings. The molecule has 2 rings (SSSR count). The van der Waals surface area contributed by atoms with Crippen LogP contribution in [0.2, 0.25) is 5.15 Å². The monoisotopic (exact) mass is 206 g/mol. The van der Waals surface area contributed by atoms with Crippen LogP contribution in [0.25, 0.3) is 10.8 Å². The summed E-state index contributed by atoms with van der Waals surface area (Å²) in [5.74, 6) is 0. The topological polar surface area (TPSA) is 38.9 Å². The molecule has 0 saturated carbocycles. The Morgan fingerprint density at radius 3 is 2.86 bits per heavy atom. The Kier molecular flexibility index (Phi) is 2.30. The van der Waals surface area contributed by atoms with Gasteiger partial charge in [0.25, 0.3) is 0 Å². The summed E-state index contributed by atoms with van der Waals surface area (Å²) < 4.78 is 0. The number of rotatable bonds is 1. The van der Waals surface area contributed by atoms with Gasteiger partial charge in [0.1, 0.15) is 5.15 Å². The van der Waals surface area contributed by atoms with E-state index in [9.17, 15) is 0 Å². The zero-order valence-corrected chi connectivity index (χ0v) is 8.67. The minimum atomic E-state index is 0.518. The number of fused-ring (bicyclic) bond motifs is 1. The number of nitrogen functional groups attached to an aromatic ring is 1. The SMILES string of the molecule is CCc1ccc2c(N)cnc(Cl)c2c1. The van der Waals surface area contributed by atoms with Crippen LogP contribution in [-0.4, -0.2) is 4.98 Å². The van der Waals surface area contributed by atoms with E-state index in [1.54, 1.807) is 6.20 Å². The molecule has 0 spiro atoms. The number of nitrogens with zero attached hydrogens (tertiary/aromatic N) is 1. The van der Waals surface area contributed by atoms with Gasteiger partial charge in [0.05, 0.1) is 11.9 Å². The average molecular weight is 207 g/mol. The summed E-state index contributed by atoms with van der Waals surface area (Å²) in [7, 11) is 0. The Balaban J connectivity index is 2.80. The molecule has 0 fully saturated rings. The summed E-state index contributed by atoms with van der Waals surface area (Å²) in [5.41, 5.74) is 7.71. The van der Waals surface area contributed by atoms with Crippen LogP contribution in [0, 0.1) is 0 Å². The van der Waals surface area contributed by atoms with Crippen molar-refractivity contribution >= 4 is 28.1 Å². The lowest BCUT2D eigenvalue weighted by Gasteiger charge is -2.04. The smallest absolute Gasteiger partial charge is 0.136 e. The molecule has 0 unspecified atom stereocenters. The van der Waals surface area contributed by atoms with Gasteiger partial charge in [-0.2, -0.15) is 0 Å². The zero-order valence-electron chi connectivity index (χ0n) is 7.92. The highest BCUT2D eigenvalue weighted by Gasteiger charge is 2.03. The van der Waals surface area contributed by atoms with Crippen molar-refractivity contribution in [2.75, 3.05) is 5.73 Å². The lowest BCUT2D eigenvalue weighted by atomic mass is 10.1. The number of anilines is 1. The first-order valence-corrected chi connectivity index (χ1v) is 4.92. The van der Waals surface area contributed by atoms with Gasteiger partial charge in [0.15, 0.2) is 0 Å². The number of nitrogens with two attached hydrogens (primary N) is 1. The molecule has 2 nitrogen and oxygen atoms in total. The van der Waals surface area contributed by atoms with Crippen molar-refractivity contribution in [2.24, 2.45) is 0 Å². The number of benzene rings is 1. The first-order chi connectivity index (χ1) is 6.72. The number of aromatic nitrogens is 1. The molecule has 0 amide bonds. The first-order valence-electron chi connectivity index (χ1n) is 4.55. The second kappa shape index (κ2) is 3.46. The number of halogens is 1. The highest BCUT2D eigenvalue weighted by atomic mass is 35.5. The van der Waals surface area contributed by atoms with Crippen LogP contribution >= 0.6 is 11.6 Å². The van der Waals surface area contributed by atoms with Crippen LogP contribution in [0.3, 0.4) is 0 Å². The summed E-state index contributed by atoms with van der Waals surface area (Å²) in [6.07, 6.45) is 2.58. The summed E-state index contributed by atoms with van der Waals surface area (Å²) in [6.45, 7) is 2.11. The van der Waals surface area contributed by atoms with E-state index < -0.39 is 0 Å². The second-order valence-corrected chi connectivity index (χ2v) is 3.60. The minimum absolute atomic E-state index is 0.518. The van der Waals surface area contributed by atoms with E-state index in [2.05, 4.69) is 18.0 Å². The van der Waals surface area contributed by atoms with Crippen molar-refractivity contribution in [2.45, 2.75) is 13.3 Å². The molecule has 0 aliphatic carbocycles. The molecule has 0 aliphatic heterocycles. The fourth-order valence-corrected chi connectivity index (χ4v) is 1.70. The second-order valence-electron chi connectivity index (χ2n) is 3.24. The van der Waals surface area contributed by atoms with E-state index in [1.165, 1.54) is 5.56 Å². The lowest BCUT2D eigenvalue weighted by molar-refractivity contribution is 1.15. The van der Waals surface area contributed by atoms with E-state index >= 15 is 0 Å². The summed E-state index contributed by atoms with van der Waals surface area (Å²) in [5, 5.41) is 2.43. The van der Waals surface area contributed by atoms with Gasteiger partial charge >= 0.3 is 0 Å². The molecule has 0 atom stereocenters. The molecule has 3 heteroatoms. The van der Waals surface area contributed by atoms with E-state index in [0.717, 1.165) is 17.2 Å². The van der Waals surface area contributed by atoms with Crippen molar-refractivity contribution < 1.29 is 0 Å². The van der Waals surface area contributed by atoms with Gasteiger partial charge in [0, 0.05) is 10.8 Å². The molecule has 0 radical (unpaired) electrons. The number of aryl methyl sites for hydroxylation is 1. The molecular formula is C11H11ClN2. The van der Waals surface area contributed by atoms with E-state index in [1.807, 2.05) is 12.1 Å². The van der Waals surface area contributed by atoms with Crippen LogP contribution in [-0.2, 0) is 6.42 Å². The third-order valence-corrected chi connectivity index (χ3v) is 2.64. The van der Waals surface area contributed by atoms with E-state index in [4.69, 9.17) is 17.3 Å². The molecule has 2 N–H and O–H groups in total. The average Bonchev–Trinajstić information content (AvgIpc) is 2.23. The summed E-state index contributed by atoms with van der Waals surface area (Å²) in [4.78, 5) is 4.02. The Hall–Kier alpha value is -1.28. The minimum Gasteiger partial charge on any atom is -0.397 e. The third kappa shape index (κ3) is 1.42. The highest BCUT2D eigenvalue weighted by molar-refractivity contribution is 6.34. The van der Waals surface area contributed by atoms with Crippen LogP contribution in [0.5, 0.6) is 0 Å². The quantitative estimate of drug-likeness (QED) is 0.729. The fourth-order valence-electron chi connectivity index (χ4n) is 1.50. The molecule has 0 saturated heterocycles. The number of pyridine rings is 1. The van der Waals surface area contributed by atoms with Gasteiger partial charge in [-0.15, -0.1) is 0 Å². The van der Waals surface area contributed by atoms with E-state index in [0.29, 0.717) is 10.8 Å². The molecule has 0 bridgehead atoms. The normalized spacial score (nSPS) is 10.7. The van der Waals surface area contributed by atoms with Crippen LogP contribution in [0.4, 0.5) is 5.69 Å². The molecule has 1 aromatic heterocycles. The Morgan fingerprint density at radius 1 is 1.36 bits per heavy atom. The van der Waals surface area contributed by atoms with Crippen molar-refractivity contribution in [1.82, 2.24) is 4.98 Å². The molecular weight excluding hydrogens is 196 g/mol. The van der Waals surface area contributed by atoms with Crippen LogP contribution < -0.4 is 5.73 Å². The van der Waals surface area contributed by atoms with Gasteiger partial charge < -0.3 is 5.73 Å². The van der Waals surface area contributed by atoms with E-state index in [-0.39, 0.29) is 0 Å². The van der Waals surface area contributed by atoms with Crippen molar-refractivity contribution in [3.63, 3.8) is 0 Å². The van der Waals surface area contributed by atoms with Crippen molar-refractivity contribution in [3.8, 4) is 0 Å². The maximum absolute atomic E-state index is 5.99. The van der Waals surface area contributed by atoms with Crippen molar-refractivity contribution in [1.29, 1.82) is 0 Å². The number of hydrogen-bond acceptors (Lipinski definition) is 2. The Morgan fingerprint density at radius 2 is 2.14 bits per heavy atom. The van der Waals surface area contributed by atoms with Crippen LogP contribution in [0.15, 0.2) is 24.4 Å². The lowest BCUT2D eigenvalue weighted by Crippen LogP contribution is -1.91. The summed E-state index contributed by atoms with van der Waals surface area (Å²) >= 11 is 5.99. The third-order valence-electron chi connectivity index (χ3n) is 2.34. The van der Waals surface area contributed by atoms with Gasteiger partial charge in [-0.1, -0.05) is 30.7 Å². The Bertz CT molecular complexity index is 480.